The summed E-state index contributed by atoms with van der Waals surface area (Å²) in [7, 11) is 0. The van der Waals surface area contributed by atoms with E-state index in [9.17, 15) is 9.59 Å². The van der Waals surface area contributed by atoms with Crippen LogP contribution in [0.5, 0.6) is 0 Å². The standard InChI is InChI=1S/C21H38O6/c22-17-19(18-23)27-21(26)16-14-12-10-8-6-4-2-1-3-5-7-9-11-13-15-20(24)25/h1-2,19,22-23H,3-18H2,(H,24,25)/b2-1+. The SMILES string of the molecule is O=C(O)CCCCCCC/C=C/CCCCCCCC(=O)OC(CO)CO. The fourth-order valence-corrected chi connectivity index (χ4v) is 2.74. The van der Waals surface area contributed by atoms with E-state index in [1.165, 1.54) is 12.8 Å². The Morgan fingerprint density at radius 3 is 1.63 bits per heavy atom. The highest BCUT2D eigenvalue weighted by atomic mass is 16.6. The van der Waals surface area contributed by atoms with Crippen LogP contribution in [0.15, 0.2) is 12.2 Å². The van der Waals surface area contributed by atoms with Crippen molar-refractivity contribution in [1.82, 2.24) is 0 Å². The van der Waals surface area contributed by atoms with Crippen molar-refractivity contribution < 1.29 is 29.6 Å². The molecule has 158 valence electrons. The second-order valence-corrected chi connectivity index (χ2v) is 6.96. The highest BCUT2D eigenvalue weighted by molar-refractivity contribution is 5.69. The molecule has 0 rings (SSSR count). The summed E-state index contributed by atoms with van der Waals surface area (Å²) in [4.78, 5) is 21.8. The highest BCUT2D eigenvalue weighted by Gasteiger charge is 2.11. The van der Waals surface area contributed by atoms with Crippen molar-refractivity contribution >= 4 is 11.9 Å². The van der Waals surface area contributed by atoms with Crippen LogP contribution in [0.1, 0.15) is 89.9 Å². The smallest absolute Gasteiger partial charge is 0.306 e. The quantitative estimate of drug-likeness (QED) is 0.176. The number of hydrogen-bond donors (Lipinski definition) is 3. The molecule has 0 aliphatic rings. The number of esters is 1. The fraction of sp³-hybridized carbons (Fsp3) is 0.810. The van der Waals surface area contributed by atoms with E-state index in [1.807, 2.05) is 0 Å². The summed E-state index contributed by atoms with van der Waals surface area (Å²) in [5.74, 6) is -1.05. The van der Waals surface area contributed by atoms with Crippen molar-refractivity contribution in [3.63, 3.8) is 0 Å². The molecule has 0 aromatic heterocycles. The molecule has 0 amide bonds. The van der Waals surface area contributed by atoms with Crippen LogP contribution in [0.4, 0.5) is 0 Å². The van der Waals surface area contributed by atoms with Gasteiger partial charge in [-0.05, 0) is 38.5 Å². The molecule has 0 heterocycles. The van der Waals surface area contributed by atoms with Crippen LogP contribution in [0.3, 0.4) is 0 Å². The summed E-state index contributed by atoms with van der Waals surface area (Å²) in [5, 5.41) is 26.2. The van der Waals surface area contributed by atoms with Gasteiger partial charge in [0, 0.05) is 12.8 Å². The van der Waals surface area contributed by atoms with Crippen LogP contribution in [0, 0.1) is 0 Å². The van der Waals surface area contributed by atoms with Gasteiger partial charge in [-0.1, -0.05) is 50.7 Å². The van der Waals surface area contributed by atoms with Crippen LogP contribution in [-0.4, -0.2) is 46.6 Å². The van der Waals surface area contributed by atoms with E-state index in [1.54, 1.807) is 0 Å². The van der Waals surface area contributed by atoms with Crippen LogP contribution in [0.25, 0.3) is 0 Å². The molecule has 0 aliphatic carbocycles. The zero-order valence-electron chi connectivity index (χ0n) is 16.6. The number of allylic oxidation sites excluding steroid dienone is 2. The third kappa shape index (κ3) is 19.2. The van der Waals surface area contributed by atoms with Gasteiger partial charge in [-0.25, -0.2) is 0 Å². The Kier molecular flexibility index (Phi) is 18.4. The normalized spacial score (nSPS) is 11.4. The largest absolute Gasteiger partial charge is 0.481 e. The van der Waals surface area contributed by atoms with Crippen LogP contribution in [0.2, 0.25) is 0 Å². The molecule has 0 radical (unpaired) electrons. The molecular formula is C21H38O6. The molecule has 0 aromatic rings. The van der Waals surface area contributed by atoms with Gasteiger partial charge in [-0.15, -0.1) is 0 Å². The maximum atomic E-state index is 11.5. The van der Waals surface area contributed by atoms with E-state index in [-0.39, 0.29) is 25.6 Å². The molecule has 6 heteroatoms. The fourth-order valence-electron chi connectivity index (χ4n) is 2.74. The Morgan fingerprint density at radius 1 is 0.704 bits per heavy atom. The number of carboxylic acid groups (broad SMARTS) is 1. The maximum Gasteiger partial charge on any atom is 0.306 e. The van der Waals surface area contributed by atoms with Gasteiger partial charge < -0.3 is 20.1 Å². The van der Waals surface area contributed by atoms with E-state index in [2.05, 4.69) is 12.2 Å². The number of carbonyl (C=O) groups excluding carboxylic acids is 1. The molecule has 0 fully saturated rings. The van der Waals surface area contributed by atoms with Gasteiger partial charge in [0.1, 0.15) is 6.10 Å². The van der Waals surface area contributed by atoms with Crippen molar-refractivity contribution in [2.75, 3.05) is 13.2 Å². The van der Waals surface area contributed by atoms with Crippen molar-refractivity contribution in [2.24, 2.45) is 0 Å². The average molecular weight is 387 g/mol. The lowest BCUT2D eigenvalue weighted by Gasteiger charge is -2.12. The second-order valence-electron chi connectivity index (χ2n) is 6.96. The topological polar surface area (TPSA) is 104 Å². The molecule has 0 unspecified atom stereocenters. The predicted molar refractivity (Wildman–Crippen MR) is 105 cm³/mol. The first-order chi connectivity index (χ1) is 13.1. The summed E-state index contributed by atoms with van der Waals surface area (Å²) in [6, 6.07) is 0. The lowest BCUT2D eigenvalue weighted by molar-refractivity contribution is -0.153. The molecule has 6 nitrogen and oxygen atoms in total. The third-order valence-electron chi connectivity index (χ3n) is 4.39. The summed E-state index contributed by atoms with van der Waals surface area (Å²) in [6.07, 6.45) is 17.0. The first-order valence-corrected chi connectivity index (χ1v) is 10.4. The van der Waals surface area contributed by atoms with E-state index >= 15 is 0 Å². The molecule has 0 saturated carbocycles. The molecule has 0 atom stereocenters. The number of unbranched alkanes of at least 4 members (excludes halogenated alkanes) is 10. The minimum absolute atomic E-state index is 0.290. The number of rotatable bonds is 19. The van der Waals surface area contributed by atoms with Crippen molar-refractivity contribution in [1.29, 1.82) is 0 Å². The van der Waals surface area contributed by atoms with Gasteiger partial charge in [-0.3, -0.25) is 9.59 Å². The molecule has 0 aromatic carbocycles. The summed E-state index contributed by atoms with van der Waals surface area (Å²) >= 11 is 0. The van der Waals surface area contributed by atoms with Gasteiger partial charge in [0.15, 0.2) is 0 Å². The lowest BCUT2D eigenvalue weighted by atomic mass is 10.1. The average Bonchev–Trinajstić information content (AvgIpc) is 2.65. The molecule has 0 saturated heterocycles. The second kappa shape index (κ2) is 19.4. The van der Waals surface area contributed by atoms with Crippen molar-refractivity contribution in [2.45, 2.75) is 96.0 Å². The van der Waals surface area contributed by atoms with Crippen LogP contribution in [-0.2, 0) is 14.3 Å². The van der Waals surface area contributed by atoms with E-state index in [0.29, 0.717) is 6.42 Å². The molecule has 3 N–H and O–H groups in total. The number of aliphatic hydroxyl groups excluding tert-OH is 2. The Balaban J connectivity index is 3.29. The first kappa shape index (κ1) is 25.6. The van der Waals surface area contributed by atoms with E-state index in [4.69, 9.17) is 20.1 Å². The molecular weight excluding hydrogens is 348 g/mol. The summed E-state index contributed by atoms with van der Waals surface area (Å²) in [5.41, 5.74) is 0. The minimum Gasteiger partial charge on any atom is -0.481 e. The number of aliphatic hydroxyl groups is 2. The van der Waals surface area contributed by atoms with Gasteiger partial charge in [0.2, 0.25) is 0 Å². The van der Waals surface area contributed by atoms with Crippen LogP contribution < -0.4 is 0 Å². The number of carbonyl (C=O) groups is 2. The molecule has 27 heavy (non-hydrogen) atoms. The minimum atomic E-state index is -0.791. The summed E-state index contributed by atoms with van der Waals surface area (Å²) < 4.78 is 4.91. The number of carboxylic acids is 1. The zero-order chi connectivity index (χ0) is 20.2. The number of hydrogen-bond acceptors (Lipinski definition) is 5. The van der Waals surface area contributed by atoms with Gasteiger partial charge in [0.25, 0.3) is 0 Å². The predicted octanol–water partition coefficient (Wildman–Crippen LogP) is 3.99. The van der Waals surface area contributed by atoms with Gasteiger partial charge in [-0.2, -0.15) is 0 Å². The zero-order valence-corrected chi connectivity index (χ0v) is 16.6. The lowest BCUT2D eigenvalue weighted by Crippen LogP contribution is -2.25. The monoisotopic (exact) mass is 386 g/mol. The number of ether oxygens (including phenoxy) is 1. The van der Waals surface area contributed by atoms with Gasteiger partial charge >= 0.3 is 11.9 Å². The Morgan fingerprint density at radius 2 is 1.15 bits per heavy atom. The Hall–Kier alpha value is -1.40. The van der Waals surface area contributed by atoms with Crippen molar-refractivity contribution in [3.8, 4) is 0 Å². The van der Waals surface area contributed by atoms with Crippen LogP contribution >= 0.6 is 0 Å². The maximum absolute atomic E-state index is 11.5. The molecule has 0 bridgehead atoms. The van der Waals surface area contributed by atoms with E-state index < -0.39 is 12.1 Å². The third-order valence-corrected chi connectivity index (χ3v) is 4.39. The molecule has 0 spiro atoms. The van der Waals surface area contributed by atoms with Crippen molar-refractivity contribution in [3.05, 3.63) is 12.2 Å². The highest BCUT2D eigenvalue weighted by Crippen LogP contribution is 2.10. The Bertz CT molecular complexity index is 390. The number of aliphatic carboxylic acids is 1. The Labute approximate surface area is 163 Å². The van der Waals surface area contributed by atoms with E-state index in [0.717, 1.165) is 64.2 Å². The summed E-state index contributed by atoms with van der Waals surface area (Å²) in [6.45, 7) is -0.689. The molecule has 0 aliphatic heterocycles. The first-order valence-electron chi connectivity index (χ1n) is 10.4. The van der Waals surface area contributed by atoms with Gasteiger partial charge in [0.05, 0.1) is 13.2 Å².